The van der Waals surface area contributed by atoms with Crippen molar-refractivity contribution in [2.75, 3.05) is 12.4 Å². The molecule has 3 nitrogen and oxygen atoms in total. The van der Waals surface area contributed by atoms with Crippen LogP contribution in [0.5, 0.6) is 0 Å². The van der Waals surface area contributed by atoms with Crippen molar-refractivity contribution in [2.45, 2.75) is 0 Å². The predicted octanol–water partition coefficient (Wildman–Crippen LogP) is 3.32. The second-order valence-electron chi connectivity index (χ2n) is 4.17. The standard InChI is InChI=1S/C14H11F2N3/c1-17-10-3-4-11-7-18-14(19(11)8-10)9-2-5-12(15)13(16)6-9/h2-8,17H,1H3. The number of benzene rings is 1. The van der Waals surface area contributed by atoms with Crippen LogP contribution >= 0.6 is 0 Å². The van der Waals surface area contributed by atoms with E-state index in [1.807, 2.05) is 29.8 Å². The maximum absolute atomic E-state index is 13.3. The van der Waals surface area contributed by atoms with Crippen LogP contribution in [0.25, 0.3) is 16.9 Å². The molecule has 1 aromatic carbocycles. The van der Waals surface area contributed by atoms with Crippen LogP contribution in [0.1, 0.15) is 0 Å². The maximum atomic E-state index is 13.3. The zero-order chi connectivity index (χ0) is 13.4. The number of nitrogens with one attached hydrogen (secondary N) is 1. The Labute approximate surface area is 108 Å². The van der Waals surface area contributed by atoms with E-state index < -0.39 is 11.6 Å². The summed E-state index contributed by atoms with van der Waals surface area (Å²) in [4.78, 5) is 4.26. The Morgan fingerprint density at radius 2 is 1.95 bits per heavy atom. The molecule has 0 fully saturated rings. The Kier molecular flexibility index (Phi) is 2.67. The number of fused-ring (bicyclic) bond motifs is 1. The number of pyridine rings is 1. The highest BCUT2D eigenvalue weighted by Gasteiger charge is 2.09. The Hall–Kier alpha value is -2.43. The van der Waals surface area contributed by atoms with Gasteiger partial charge in [0.1, 0.15) is 5.82 Å². The molecule has 0 bridgehead atoms. The minimum Gasteiger partial charge on any atom is -0.387 e. The van der Waals surface area contributed by atoms with Gasteiger partial charge >= 0.3 is 0 Å². The Morgan fingerprint density at radius 3 is 2.68 bits per heavy atom. The molecule has 1 N–H and O–H groups in total. The molecular formula is C14H11F2N3. The van der Waals surface area contributed by atoms with E-state index in [2.05, 4.69) is 10.3 Å². The lowest BCUT2D eigenvalue weighted by atomic mass is 10.2. The Bertz CT molecular complexity index is 750. The van der Waals surface area contributed by atoms with Gasteiger partial charge in [0.05, 0.1) is 17.4 Å². The summed E-state index contributed by atoms with van der Waals surface area (Å²) in [7, 11) is 1.81. The SMILES string of the molecule is CNc1ccc2cnc(-c3ccc(F)c(F)c3)n2c1. The van der Waals surface area contributed by atoms with Crippen molar-refractivity contribution in [3.05, 3.63) is 54.4 Å². The van der Waals surface area contributed by atoms with E-state index in [9.17, 15) is 8.78 Å². The smallest absolute Gasteiger partial charge is 0.159 e. The fourth-order valence-corrected chi connectivity index (χ4v) is 1.99. The number of imidazole rings is 1. The van der Waals surface area contributed by atoms with Crippen LogP contribution in [-0.2, 0) is 0 Å². The lowest BCUT2D eigenvalue weighted by Crippen LogP contribution is -1.94. The molecule has 2 aromatic heterocycles. The molecule has 2 heterocycles. The minimum absolute atomic E-state index is 0.534. The van der Waals surface area contributed by atoms with Crippen molar-refractivity contribution in [1.82, 2.24) is 9.38 Å². The molecule has 0 saturated carbocycles. The van der Waals surface area contributed by atoms with E-state index in [1.165, 1.54) is 6.07 Å². The van der Waals surface area contributed by atoms with Crippen molar-refractivity contribution in [3.8, 4) is 11.4 Å². The number of nitrogens with zero attached hydrogens (tertiary/aromatic N) is 2. The average Bonchev–Trinajstić information content (AvgIpc) is 2.84. The molecule has 0 atom stereocenters. The number of aromatic nitrogens is 2. The second kappa shape index (κ2) is 4.35. The van der Waals surface area contributed by atoms with Crippen LogP contribution in [0.4, 0.5) is 14.5 Å². The third-order valence-electron chi connectivity index (χ3n) is 2.99. The average molecular weight is 259 g/mol. The summed E-state index contributed by atoms with van der Waals surface area (Å²) in [6, 6.07) is 7.59. The molecule has 0 amide bonds. The maximum Gasteiger partial charge on any atom is 0.159 e. The monoisotopic (exact) mass is 259 g/mol. The number of hydrogen-bond donors (Lipinski definition) is 1. The first kappa shape index (κ1) is 11.6. The van der Waals surface area contributed by atoms with Crippen molar-refractivity contribution in [2.24, 2.45) is 0 Å². The van der Waals surface area contributed by atoms with E-state index in [4.69, 9.17) is 0 Å². The number of hydrogen-bond acceptors (Lipinski definition) is 2. The summed E-state index contributed by atoms with van der Waals surface area (Å²) in [6.45, 7) is 0. The topological polar surface area (TPSA) is 29.3 Å². The minimum atomic E-state index is -0.876. The van der Waals surface area contributed by atoms with E-state index in [-0.39, 0.29) is 0 Å². The second-order valence-corrected chi connectivity index (χ2v) is 4.17. The van der Waals surface area contributed by atoms with E-state index in [0.717, 1.165) is 23.3 Å². The van der Waals surface area contributed by atoms with Crippen LogP contribution in [0.3, 0.4) is 0 Å². The quantitative estimate of drug-likeness (QED) is 0.765. The molecule has 0 radical (unpaired) electrons. The normalized spacial score (nSPS) is 10.9. The highest BCUT2D eigenvalue weighted by Crippen LogP contribution is 2.23. The van der Waals surface area contributed by atoms with Gasteiger partial charge in [-0.25, -0.2) is 13.8 Å². The lowest BCUT2D eigenvalue weighted by molar-refractivity contribution is 0.509. The summed E-state index contributed by atoms with van der Waals surface area (Å²) in [5.74, 6) is -1.16. The Morgan fingerprint density at radius 1 is 1.11 bits per heavy atom. The van der Waals surface area contributed by atoms with Crippen LogP contribution in [0.15, 0.2) is 42.7 Å². The molecule has 3 rings (SSSR count). The number of rotatable bonds is 2. The molecule has 0 aliphatic rings. The molecule has 5 heteroatoms. The van der Waals surface area contributed by atoms with E-state index >= 15 is 0 Å². The number of anilines is 1. The molecule has 0 aliphatic carbocycles. The summed E-state index contributed by atoms with van der Waals surface area (Å²) < 4.78 is 28.1. The van der Waals surface area contributed by atoms with Crippen LogP contribution in [0.2, 0.25) is 0 Å². The molecule has 0 saturated heterocycles. The van der Waals surface area contributed by atoms with Crippen molar-refractivity contribution < 1.29 is 8.78 Å². The van der Waals surface area contributed by atoms with Crippen LogP contribution in [0, 0.1) is 11.6 Å². The summed E-state index contributed by atoms with van der Waals surface area (Å²) in [5, 5.41) is 3.03. The van der Waals surface area contributed by atoms with Gasteiger partial charge in [0.15, 0.2) is 11.6 Å². The molecule has 0 aliphatic heterocycles. The van der Waals surface area contributed by atoms with E-state index in [0.29, 0.717) is 11.4 Å². The van der Waals surface area contributed by atoms with Gasteiger partial charge in [-0.2, -0.15) is 0 Å². The van der Waals surface area contributed by atoms with Gasteiger partial charge in [-0.1, -0.05) is 0 Å². The van der Waals surface area contributed by atoms with Gasteiger partial charge in [0.2, 0.25) is 0 Å². The summed E-state index contributed by atoms with van der Waals surface area (Å²) in [5.41, 5.74) is 2.33. The van der Waals surface area contributed by atoms with Crippen LogP contribution in [-0.4, -0.2) is 16.4 Å². The molecule has 0 unspecified atom stereocenters. The molecule has 3 aromatic rings. The molecule has 96 valence electrons. The van der Waals surface area contributed by atoms with Gasteiger partial charge in [-0.3, -0.25) is 4.40 Å². The largest absolute Gasteiger partial charge is 0.387 e. The van der Waals surface area contributed by atoms with Crippen molar-refractivity contribution in [3.63, 3.8) is 0 Å². The number of halogens is 2. The van der Waals surface area contributed by atoms with Crippen molar-refractivity contribution >= 4 is 11.2 Å². The Balaban J connectivity index is 2.21. The van der Waals surface area contributed by atoms with Crippen LogP contribution < -0.4 is 5.32 Å². The third-order valence-corrected chi connectivity index (χ3v) is 2.99. The van der Waals surface area contributed by atoms with Gasteiger partial charge in [0, 0.05) is 18.8 Å². The van der Waals surface area contributed by atoms with E-state index in [1.54, 1.807) is 6.20 Å². The van der Waals surface area contributed by atoms with Gasteiger partial charge in [0.25, 0.3) is 0 Å². The molecule has 0 spiro atoms. The van der Waals surface area contributed by atoms with Gasteiger partial charge in [-0.05, 0) is 30.3 Å². The summed E-state index contributed by atoms with van der Waals surface area (Å²) >= 11 is 0. The highest BCUT2D eigenvalue weighted by molar-refractivity contribution is 5.64. The first-order valence-corrected chi connectivity index (χ1v) is 5.79. The van der Waals surface area contributed by atoms with Gasteiger partial charge in [-0.15, -0.1) is 0 Å². The predicted molar refractivity (Wildman–Crippen MR) is 70.1 cm³/mol. The highest BCUT2D eigenvalue weighted by atomic mass is 19.2. The lowest BCUT2D eigenvalue weighted by Gasteiger charge is -2.05. The van der Waals surface area contributed by atoms with Crippen molar-refractivity contribution in [1.29, 1.82) is 0 Å². The first-order valence-electron chi connectivity index (χ1n) is 5.79. The third kappa shape index (κ3) is 1.93. The fourth-order valence-electron chi connectivity index (χ4n) is 1.99. The fraction of sp³-hybridized carbons (Fsp3) is 0.0714. The summed E-state index contributed by atoms with van der Waals surface area (Å²) in [6.07, 6.45) is 3.55. The molecule has 19 heavy (non-hydrogen) atoms. The zero-order valence-corrected chi connectivity index (χ0v) is 10.2. The first-order chi connectivity index (χ1) is 9.19. The molecular weight excluding hydrogens is 248 g/mol. The van der Waals surface area contributed by atoms with Gasteiger partial charge < -0.3 is 5.32 Å². The zero-order valence-electron chi connectivity index (χ0n) is 10.2.